The number of fused-ring (bicyclic) bond motifs is 1. The first kappa shape index (κ1) is 31.9. The number of ether oxygens (including phenoxy) is 2. The monoisotopic (exact) mass is 640 g/mol. The summed E-state index contributed by atoms with van der Waals surface area (Å²) in [6.45, 7) is 1.44. The topological polar surface area (TPSA) is 136 Å². The molecule has 10 nitrogen and oxygen atoms in total. The van der Waals surface area contributed by atoms with E-state index in [4.69, 9.17) is 20.5 Å². The van der Waals surface area contributed by atoms with Crippen molar-refractivity contribution in [2.75, 3.05) is 18.6 Å². The van der Waals surface area contributed by atoms with Crippen molar-refractivity contribution in [1.29, 1.82) is 5.26 Å². The molecule has 3 N–H and O–H groups in total. The molecule has 0 radical (unpaired) electrons. The number of amides is 2. The van der Waals surface area contributed by atoms with E-state index < -0.39 is 17.9 Å². The van der Waals surface area contributed by atoms with E-state index in [0.29, 0.717) is 48.8 Å². The van der Waals surface area contributed by atoms with Crippen molar-refractivity contribution in [3.8, 4) is 17.6 Å². The molecule has 1 aliphatic rings. The molecule has 4 aromatic carbocycles. The standard InChI is InChI=1S/C38H36N6O4/c1-43(35-22-41-25-44(35)23-28-12-10-27(21-39)11-13-28)34-18-19-47-36-31(34)8-5-9-32(36)38(46)42-33(37(40)45)20-26-14-16-30(17-15-26)48-24-29-6-3-2-4-7-29/h2-17,22,25,33-34H,18-20,23-24H2,1H3,(H2,40,45)(H,42,46)/t33-,34?/m0/s1. The van der Waals surface area contributed by atoms with E-state index >= 15 is 0 Å². The number of anilines is 1. The fraction of sp³-hybridized carbons (Fsp3) is 0.211. The van der Waals surface area contributed by atoms with Crippen LogP contribution in [0.5, 0.6) is 11.5 Å². The van der Waals surface area contributed by atoms with Gasteiger partial charge in [-0.2, -0.15) is 5.26 Å². The van der Waals surface area contributed by atoms with E-state index in [-0.39, 0.29) is 12.5 Å². The molecule has 5 aromatic rings. The van der Waals surface area contributed by atoms with Gasteiger partial charge >= 0.3 is 0 Å². The van der Waals surface area contributed by atoms with Crippen LogP contribution in [0.3, 0.4) is 0 Å². The number of nitriles is 1. The van der Waals surface area contributed by atoms with Crippen molar-refractivity contribution in [2.24, 2.45) is 5.73 Å². The quantitative estimate of drug-likeness (QED) is 0.192. The van der Waals surface area contributed by atoms with Gasteiger partial charge in [0.2, 0.25) is 5.91 Å². The molecule has 0 spiro atoms. The van der Waals surface area contributed by atoms with Gasteiger partial charge in [0.15, 0.2) is 0 Å². The molecule has 0 saturated heterocycles. The first-order chi connectivity index (χ1) is 23.4. The van der Waals surface area contributed by atoms with Crippen LogP contribution in [0, 0.1) is 11.3 Å². The average Bonchev–Trinajstić information content (AvgIpc) is 3.59. The van der Waals surface area contributed by atoms with Crippen LogP contribution in [-0.4, -0.2) is 41.1 Å². The van der Waals surface area contributed by atoms with Gasteiger partial charge in [0.1, 0.15) is 30.0 Å². The van der Waals surface area contributed by atoms with E-state index in [1.165, 1.54) is 0 Å². The Hall–Kier alpha value is -6.08. The van der Waals surface area contributed by atoms with Gasteiger partial charge in [-0.1, -0.05) is 66.7 Å². The van der Waals surface area contributed by atoms with Gasteiger partial charge < -0.3 is 30.0 Å². The Labute approximate surface area is 279 Å². The first-order valence-corrected chi connectivity index (χ1v) is 15.7. The molecule has 1 unspecified atom stereocenters. The lowest BCUT2D eigenvalue weighted by atomic mass is 9.95. The minimum Gasteiger partial charge on any atom is -0.492 e. The van der Waals surface area contributed by atoms with Crippen LogP contribution >= 0.6 is 0 Å². The number of hydrogen-bond donors (Lipinski definition) is 2. The minimum absolute atomic E-state index is 0.0903. The molecule has 2 heterocycles. The Kier molecular flexibility index (Phi) is 9.67. The predicted octanol–water partition coefficient (Wildman–Crippen LogP) is 5.17. The number of benzene rings is 4. The second-order valence-corrected chi connectivity index (χ2v) is 11.7. The van der Waals surface area contributed by atoms with Crippen LogP contribution in [0.4, 0.5) is 5.82 Å². The van der Waals surface area contributed by atoms with E-state index in [1.807, 2.05) is 96.7 Å². The summed E-state index contributed by atoms with van der Waals surface area (Å²) in [4.78, 5) is 32.7. The van der Waals surface area contributed by atoms with E-state index in [0.717, 1.165) is 28.1 Å². The summed E-state index contributed by atoms with van der Waals surface area (Å²) < 4.78 is 14.0. The van der Waals surface area contributed by atoms with Crippen LogP contribution < -0.4 is 25.4 Å². The van der Waals surface area contributed by atoms with Gasteiger partial charge in [-0.05, 0) is 47.0 Å². The second kappa shape index (κ2) is 14.6. The van der Waals surface area contributed by atoms with Crippen LogP contribution in [0.2, 0.25) is 0 Å². The molecule has 1 aliphatic heterocycles. The van der Waals surface area contributed by atoms with Crippen molar-refractivity contribution >= 4 is 17.6 Å². The molecule has 0 saturated carbocycles. The summed E-state index contributed by atoms with van der Waals surface area (Å²) in [7, 11) is 2.00. The summed E-state index contributed by atoms with van der Waals surface area (Å²) in [6.07, 6.45) is 4.52. The molecular formula is C38H36N6O4. The highest BCUT2D eigenvalue weighted by Gasteiger charge is 2.31. The minimum atomic E-state index is -0.928. The van der Waals surface area contributed by atoms with Crippen LogP contribution in [0.25, 0.3) is 0 Å². The Balaban J connectivity index is 1.14. The zero-order valence-electron chi connectivity index (χ0n) is 26.6. The molecule has 0 aliphatic carbocycles. The third kappa shape index (κ3) is 7.32. The summed E-state index contributed by atoms with van der Waals surface area (Å²) in [5.74, 6) is 1.02. The average molecular weight is 641 g/mol. The highest BCUT2D eigenvalue weighted by Crippen LogP contribution is 2.39. The van der Waals surface area contributed by atoms with E-state index in [9.17, 15) is 9.59 Å². The molecule has 10 heteroatoms. The fourth-order valence-corrected chi connectivity index (χ4v) is 5.92. The van der Waals surface area contributed by atoms with Crippen molar-refractivity contribution < 1.29 is 19.1 Å². The summed E-state index contributed by atoms with van der Waals surface area (Å²) in [6, 6.07) is 31.4. The number of nitrogens with zero attached hydrogens (tertiary/aromatic N) is 4. The number of primary amides is 1. The maximum atomic E-state index is 13.6. The Bertz CT molecular complexity index is 1920. The van der Waals surface area contributed by atoms with E-state index in [1.54, 1.807) is 24.5 Å². The van der Waals surface area contributed by atoms with Gasteiger partial charge in [-0.15, -0.1) is 0 Å². The Morgan fingerprint density at radius 2 is 1.77 bits per heavy atom. The number of imidazole rings is 1. The number of para-hydroxylation sites is 1. The van der Waals surface area contributed by atoms with Crippen molar-refractivity contribution in [2.45, 2.75) is 38.1 Å². The number of carbonyl (C=O) groups excluding carboxylic acids is 2. The number of rotatable bonds is 12. The van der Waals surface area contributed by atoms with Gasteiger partial charge in [-0.3, -0.25) is 9.59 Å². The number of hydrogen-bond acceptors (Lipinski definition) is 7. The number of carbonyl (C=O) groups is 2. The molecule has 6 rings (SSSR count). The highest BCUT2D eigenvalue weighted by molar-refractivity contribution is 6.00. The molecule has 2 amide bonds. The molecule has 1 aromatic heterocycles. The largest absolute Gasteiger partial charge is 0.492 e. The first-order valence-electron chi connectivity index (χ1n) is 15.7. The van der Waals surface area contributed by atoms with Crippen LogP contribution in [-0.2, 0) is 24.4 Å². The third-order valence-corrected chi connectivity index (χ3v) is 8.50. The van der Waals surface area contributed by atoms with E-state index in [2.05, 4.69) is 21.3 Å². The van der Waals surface area contributed by atoms with Gasteiger partial charge in [0.25, 0.3) is 5.91 Å². The molecule has 2 atom stereocenters. The van der Waals surface area contributed by atoms with Crippen molar-refractivity contribution in [3.05, 3.63) is 143 Å². The zero-order valence-corrected chi connectivity index (χ0v) is 26.6. The summed E-state index contributed by atoms with van der Waals surface area (Å²) >= 11 is 0. The fourth-order valence-electron chi connectivity index (χ4n) is 5.92. The number of nitrogens with one attached hydrogen (secondary N) is 1. The highest BCUT2D eigenvalue weighted by atomic mass is 16.5. The lowest BCUT2D eigenvalue weighted by molar-refractivity contribution is -0.119. The predicted molar refractivity (Wildman–Crippen MR) is 182 cm³/mol. The number of aromatic nitrogens is 2. The van der Waals surface area contributed by atoms with Gasteiger partial charge in [0.05, 0.1) is 48.9 Å². The molecule has 242 valence electrons. The Morgan fingerprint density at radius 1 is 1.02 bits per heavy atom. The normalized spacial score (nSPS) is 14.1. The van der Waals surface area contributed by atoms with Crippen molar-refractivity contribution in [3.63, 3.8) is 0 Å². The third-order valence-electron chi connectivity index (χ3n) is 8.50. The molecule has 48 heavy (non-hydrogen) atoms. The Morgan fingerprint density at radius 3 is 2.50 bits per heavy atom. The lowest BCUT2D eigenvalue weighted by Gasteiger charge is -2.35. The van der Waals surface area contributed by atoms with Gasteiger partial charge in [-0.25, -0.2) is 4.98 Å². The maximum absolute atomic E-state index is 13.6. The number of nitrogens with two attached hydrogens (primary N) is 1. The summed E-state index contributed by atoms with van der Waals surface area (Å²) in [5.41, 5.74) is 10.5. The van der Waals surface area contributed by atoms with Crippen LogP contribution in [0.1, 0.15) is 50.6 Å². The van der Waals surface area contributed by atoms with Crippen molar-refractivity contribution in [1.82, 2.24) is 14.9 Å². The SMILES string of the molecule is CN(c1cncn1Cc1ccc(C#N)cc1)C1CCOc2c(C(=O)N[C@@H](Cc3ccc(OCc4ccccc4)cc3)C(N)=O)cccc21. The van der Waals surface area contributed by atoms with Gasteiger partial charge in [0, 0.05) is 25.5 Å². The van der Waals surface area contributed by atoms with Crippen LogP contribution in [0.15, 0.2) is 110 Å². The molecule has 0 fully saturated rings. The smallest absolute Gasteiger partial charge is 0.255 e. The zero-order chi connectivity index (χ0) is 33.5. The maximum Gasteiger partial charge on any atom is 0.255 e. The molecular weight excluding hydrogens is 604 g/mol. The second-order valence-electron chi connectivity index (χ2n) is 11.7. The molecule has 0 bridgehead atoms. The summed E-state index contributed by atoms with van der Waals surface area (Å²) in [5, 5.41) is 12.0. The lowest BCUT2D eigenvalue weighted by Crippen LogP contribution is -2.46.